The molecule has 0 radical (unpaired) electrons. The Morgan fingerprint density at radius 1 is 1.38 bits per heavy atom. The van der Waals surface area contributed by atoms with Crippen molar-refractivity contribution in [1.29, 1.82) is 0 Å². The average Bonchev–Trinajstić information content (AvgIpc) is 3.15. The number of rotatable bonds is 6. The molecule has 1 aromatic heterocycles. The second-order valence-corrected chi connectivity index (χ2v) is 5.98. The summed E-state index contributed by atoms with van der Waals surface area (Å²) in [5.74, 6) is 0.273. The minimum Gasteiger partial charge on any atom is -0.308 e. The molecule has 1 aliphatic rings. The molecule has 3 rings (SSSR count). The first-order valence-corrected chi connectivity index (χ1v) is 8.13. The number of tetrazole rings is 1. The predicted octanol–water partition coefficient (Wildman–Crippen LogP) is 1.46. The van der Waals surface area contributed by atoms with E-state index in [4.69, 9.17) is 0 Å². The normalized spacial score (nSPS) is 17.9. The van der Waals surface area contributed by atoms with Crippen LogP contribution in [0, 0.1) is 5.82 Å². The summed E-state index contributed by atoms with van der Waals surface area (Å²) >= 11 is 0. The van der Waals surface area contributed by atoms with Gasteiger partial charge in [-0.1, -0.05) is 19.1 Å². The van der Waals surface area contributed by atoms with Crippen LogP contribution in [-0.2, 0) is 17.9 Å². The van der Waals surface area contributed by atoms with Gasteiger partial charge in [-0.15, -0.1) is 5.10 Å². The van der Waals surface area contributed by atoms with E-state index in [0.29, 0.717) is 25.2 Å². The Labute approximate surface area is 140 Å². The van der Waals surface area contributed by atoms with Crippen LogP contribution < -0.4 is 4.90 Å². The minimum absolute atomic E-state index is 0.0860. The number of hydrogen-bond acceptors (Lipinski definition) is 5. The molecule has 1 amide bonds. The highest BCUT2D eigenvalue weighted by Crippen LogP contribution is 2.26. The third kappa shape index (κ3) is 3.14. The van der Waals surface area contributed by atoms with Crippen LogP contribution in [0.4, 0.5) is 10.1 Å². The number of carbonyl (C=O) groups excluding carboxylic acids is 1. The summed E-state index contributed by atoms with van der Waals surface area (Å²) in [6.07, 6.45) is 1.59. The molecule has 1 unspecified atom stereocenters. The molecular formula is C16H21FN6O. The molecule has 8 heteroatoms. The van der Waals surface area contributed by atoms with Gasteiger partial charge in [0.25, 0.3) is 0 Å². The van der Waals surface area contributed by atoms with Crippen LogP contribution in [-0.4, -0.2) is 50.6 Å². The third-order valence-electron chi connectivity index (χ3n) is 4.28. The highest BCUT2D eigenvalue weighted by Gasteiger charge is 2.36. The summed E-state index contributed by atoms with van der Waals surface area (Å²) in [7, 11) is 1.87. The maximum Gasteiger partial charge on any atom is 0.244 e. The average molecular weight is 332 g/mol. The van der Waals surface area contributed by atoms with Gasteiger partial charge in [-0.05, 0) is 42.4 Å². The fourth-order valence-corrected chi connectivity index (χ4v) is 3.04. The number of anilines is 1. The van der Waals surface area contributed by atoms with E-state index in [-0.39, 0.29) is 17.8 Å². The molecule has 7 nitrogen and oxygen atoms in total. The van der Waals surface area contributed by atoms with E-state index in [0.717, 1.165) is 18.8 Å². The van der Waals surface area contributed by atoms with E-state index in [1.54, 1.807) is 22.9 Å². The molecule has 0 saturated carbocycles. The largest absolute Gasteiger partial charge is 0.308 e. The minimum atomic E-state index is -0.374. The van der Waals surface area contributed by atoms with Crippen molar-refractivity contribution in [2.45, 2.75) is 38.9 Å². The molecule has 1 aromatic carbocycles. The number of amides is 1. The Hall–Kier alpha value is -2.35. The standard InChI is InChI=1S/C16H21FN6O/c1-3-9-23-15(18-19-20-23)11-21(2)14-8-10-22(16(14)24)13-7-5-4-6-12(13)17/h4-7,14H,3,8-11H2,1-2H3. The number of carbonyl (C=O) groups is 1. The SMILES string of the molecule is CCCn1nnnc1CN(C)C1CCN(c2ccccc2F)C1=O. The van der Waals surface area contributed by atoms with Crippen LogP contribution in [0.2, 0.25) is 0 Å². The first-order chi connectivity index (χ1) is 11.6. The lowest BCUT2D eigenvalue weighted by molar-refractivity contribution is -0.121. The summed E-state index contributed by atoms with van der Waals surface area (Å²) in [4.78, 5) is 16.1. The molecule has 0 spiro atoms. The molecule has 0 N–H and O–H groups in total. The second kappa shape index (κ2) is 7.04. The molecule has 1 saturated heterocycles. The summed E-state index contributed by atoms with van der Waals surface area (Å²) in [5, 5.41) is 11.7. The molecule has 1 atom stereocenters. The topological polar surface area (TPSA) is 67.2 Å². The van der Waals surface area contributed by atoms with Gasteiger partial charge in [-0.25, -0.2) is 9.07 Å². The molecular weight excluding hydrogens is 311 g/mol. The van der Waals surface area contributed by atoms with E-state index < -0.39 is 0 Å². The van der Waals surface area contributed by atoms with E-state index in [2.05, 4.69) is 22.4 Å². The van der Waals surface area contributed by atoms with E-state index in [1.807, 2.05) is 11.9 Å². The second-order valence-electron chi connectivity index (χ2n) is 5.98. The number of hydrogen-bond donors (Lipinski definition) is 0. The fourth-order valence-electron chi connectivity index (χ4n) is 3.04. The Bertz CT molecular complexity index is 718. The lowest BCUT2D eigenvalue weighted by Gasteiger charge is -2.23. The number of aryl methyl sites for hydroxylation is 1. The highest BCUT2D eigenvalue weighted by atomic mass is 19.1. The summed E-state index contributed by atoms with van der Waals surface area (Å²) in [6.45, 7) is 3.79. The Balaban J connectivity index is 1.71. The van der Waals surface area contributed by atoms with Crippen LogP contribution >= 0.6 is 0 Å². The maximum atomic E-state index is 13.9. The monoisotopic (exact) mass is 332 g/mol. The van der Waals surface area contributed by atoms with Gasteiger partial charge in [0.2, 0.25) is 5.91 Å². The van der Waals surface area contributed by atoms with Gasteiger partial charge in [-0.3, -0.25) is 9.69 Å². The Morgan fingerprint density at radius 3 is 2.92 bits per heavy atom. The van der Waals surface area contributed by atoms with Gasteiger partial charge in [0.1, 0.15) is 5.82 Å². The van der Waals surface area contributed by atoms with Crippen LogP contribution in [0.25, 0.3) is 0 Å². The van der Waals surface area contributed by atoms with E-state index in [9.17, 15) is 9.18 Å². The number of likely N-dealkylation sites (N-methyl/N-ethyl adjacent to an activating group) is 1. The molecule has 1 fully saturated rings. The first-order valence-electron chi connectivity index (χ1n) is 8.13. The van der Waals surface area contributed by atoms with Crippen molar-refractivity contribution in [1.82, 2.24) is 25.1 Å². The van der Waals surface area contributed by atoms with Crippen LogP contribution in [0.1, 0.15) is 25.6 Å². The molecule has 1 aliphatic heterocycles. The van der Waals surface area contributed by atoms with Crippen molar-refractivity contribution < 1.29 is 9.18 Å². The molecule has 2 heterocycles. The van der Waals surface area contributed by atoms with Gasteiger partial charge in [0.15, 0.2) is 5.82 Å². The zero-order valence-electron chi connectivity index (χ0n) is 13.9. The van der Waals surface area contributed by atoms with Crippen molar-refractivity contribution in [2.24, 2.45) is 0 Å². The molecule has 128 valence electrons. The number of halogens is 1. The maximum absolute atomic E-state index is 13.9. The molecule has 2 aromatic rings. The zero-order valence-corrected chi connectivity index (χ0v) is 13.9. The van der Waals surface area contributed by atoms with Crippen LogP contribution in [0.3, 0.4) is 0 Å². The van der Waals surface area contributed by atoms with Crippen molar-refractivity contribution in [3.05, 3.63) is 35.9 Å². The third-order valence-corrected chi connectivity index (χ3v) is 4.28. The number of nitrogens with zero attached hydrogens (tertiary/aromatic N) is 6. The van der Waals surface area contributed by atoms with Crippen LogP contribution in [0.5, 0.6) is 0 Å². The molecule has 0 bridgehead atoms. The van der Waals surface area contributed by atoms with Gasteiger partial charge in [0.05, 0.1) is 18.3 Å². The van der Waals surface area contributed by atoms with Gasteiger partial charge < -0.3 is 4.90 Å². The van der Waals surface area contributed by atoms with Crippen LogP contribution in [0.15, 0.2) is 24.3 Å². The van der Waals surface area contributed by atoms with Crippen molar-refractivity contribution in [2.75, 3.05) is 18.5 Å². The zero-order chi connectivity index (χ0) is 17.1. The van der Waals surface area contributed by atoms with E-state index in [1.165, 1.54) is 11.0 Å². The van der Waals surface area contributed by atoms with Crippen molar-refractivity contribution in [3.8, 4) is 0 Å². The lowest BCUT2D eigenvalue weighted by atomic mass is 10.2. The lowest BCUT2D eigenvalue weighted by Crippen LogP contribution is -2.40. The number of benzene rings is 1. The summed E-state index contributed by atoms with van der Waals surface area (Å²) in [5.41, 5.74) is 0.342. The summed E-state index contributed by atoms with van der Waals surface area (Å²) in [6, 6.07) is 6.07. The van der Waals surface area contributed by atoms with Crippen molar-refractivity contribution >= 4 is 11.6 Å². The molecule has 24 heavy (non-hydrogen) atoms. The van der Waals surface area contributed by atoms with E-state index >= 15 is 0 Å². The van der Waals surface area contributed by atoms with Gasteiger partial charge in [-0.2, -0.15) is 0 Å². The fraction of sp³-hybridized carbons (Fsp3) is 0.500. The first kappa shape index (κ1) is 16.5. The predicted molar refractivity (Wildman–Crippen MR) is 86.7 cm³/mol. The summed E-state index contributed by atoms with van der Waals surface area (Å²) < 4.78 is 15.7. The number of para-hydroxylation sites is 1. The number of aromatic nitrogens is 4. The highest BCUT2D eigenvalue weighted by molar-refractivity contribution is 5.99. The molecule has 0 aliphatic carbocycles. The Morgan fingerprint density at radius 2 is 2.17 bits per heavy atom. The van der Waals surface area contributed by atoms with Gasteiger partial charge >= 0.3 is 0 Å². The van der Waals surface area contributed by atoms with Gasteiger partial charge in [0, 0.05) is 13.1 Å². The quantitative estimate of drug-likeness (QED) is 0.801. The Kier molecular flexibility index (Phi) is 4.84. The van der Waals surface area contributed by atoms with Crippen molar-refractivity contribution in [3.63, 3.8) is 0 Å². The smallest absolute Gasteiger partial charge is 0.244 e.